The molecule has 0 aliphatic rings. The van der Waals surface area contributed by atoms with E-state index in [9.17, 15) is 22.8 Å². The molecule has 0 unspecified atom stereocenters. The molecule has 0 fully saturated rings. The van der Waals surface area contributed by atoms with Crippen LogP contribution in [-0.2, 0) is 10.0 Å². The molecule has 1 heterocycles. The van der Waals surface area contributed by atoms with Crippen molar-refractivity contribution >= 4 is 38.9 Å². The summed E-state index contributed by atoms with van der Waals surface area (Å²) in [7, 11) is -3.97. The van der Waals surface area contributed by atoms with Crippen LogP contribution in [0, 0.1) is 0 Å². The summed E-state index contributed by atoms with van der Waals surface area (Å²) in [5, 5.41) is 2.65. The van der Waals surface area contributed by atoms with Gasteiger partial charge in [0.15, 0.2) is 0 Å². The van der Waals surface area contributed by atoms with E-state index in [4.69, 9.17) is 11.6 Å². The summed E-state index contributed by atoms with van der Waals surface area (Å²) in [6.07, 6.45) is 0. The van der Waals surface area contributed by atoms with E-state index in [1.165, 1.54) is 30.3 Å². The highest BCUT2D eigenvalue weighted by Gasteiger charge is 2.17. The quantitative estimate of drug-likeness (QED) is 0.497. The van der Waals surface area contributed by atoms with Crippen LogP contribution in [0.3, 0.4) is 0 Å². The van der Waals surface area contributed by atoms with E-state index in [1.807, 2.05) is 4.98 Å². The molecule has 0 aliphatic carbocycles. The maximum absolute atomic E-state index is 12.6. The fourth-order valence-corrected chi connectivity index (χ4v) is 3.64. The van der Waals surface area contributed by atoms with Crippen LogP contribution in [0.25, 0.3) is 0 Å². The van der Waals surface area contributed by atoms with Gasteiger partial charge in [0.2, 0.25) is 0 Å². The molecule has 1 amide bonds. The average Bonchev–Trinajstić information content (AvgIpc) is 2.63. The Labute approximate surface area is 163 Å². The van der Waals surface area contributed by atoms with Gasteiger partial charge in [0.1, 0.15) is 5.69 Å². The summed E-state index contributed by atoms with van der Waals surface area (Å²) in [6, 6.07) is 12.7. The van der Waals surface area contributed by atoms with Crippen LogP contribution in [0.4, 0.5) is 11.4 Å². The zero-order chi connectivity index (χ0) is 20.3. The molecule has 0 radical (unpaired) electrons. The summed E-state index contributed by atoms with van der Waals surface area (Å²) < 4.78 is 27.5. The second-order valence-electron chi connectivity index (χ2n) is 5.57. The number of amides is 1. The molecule has 1 aromatic heterocycles. The molecule has 144 valence electrons. The predicted molar refractivity (Wildman–Crippen MR) is 104 cm³/mol. The molecule has 0 saturated heterocycles. The molecular weight excluding hydrogens is 408 g/mol. The lowest BCUT2D eigenvalue weighted by atomic mass is 10.3. The number of halogens is 1. The minimum absolute atomic E-state index is 0.121. The monoisotopic (exact) mass is 420 g/mol. The third-order valence-corrected chi connectivity index (χ3v) is 5.22. The summed E-state index contributed by atoms with van der Waals surface area (Å²) in [4.78, 5) is 38.8. The molecule has 0 bridgehead atoms. The Kier molecular flexibility index (Phi) is 5.34. The molecule has 4 N–H and O–H groups in total. The van der Waals surface area contributed by atoms with Gasteiger partial charge in [0, 0.05) is 11.8 Å². The first kappa shape index (κ1) is 19.4. The molecule has 11 heteroatoms. The van der Waals surface area contributed by atoms with Crippen LogP contribution in [0.15, 0.2) is 69.1 Å². The number of anilines is 2. The van der Waals surface area contributed by atoms with Gasteiger partial charge in [-0.3, -0.25) is 19.3 Å². The number of benzene rings is 2. The number of sulfonamides is 1. The number of aromatic amines is 2. The van der Waals surface area contributed by atoms with Gasteiger partial charge in [-0.05, 0) is 30.3 Å². The van der Waals surface area contributed by atoms with Crippen LogP contribution in [0.5, 0.6) is 0 Å². The van der Waals surface area contributed by atoms with Gasteiger partial charge in [-0.15, -0.1) is 0 Å². The molecular formula is C17H13ClN4O5S. The van der Waals surface area contributed by atoms with Crippen LogP contribution in [0.1, 0.15) is 10.5 Å². The topological polar surface area (TPSA) is 141 Å². The van der Waals surface area contributed by atoms with Gasteiger partial charge < -0.3 is 10.3 Å². The minimum atomic E-state index is -3.97. The molecule has 9 nitrogen and oxygen atoms in total. The van der Waals surface area contributed by atoms with E-state index in [-0.39, 0.29) is 27.0 Å². The average molecular weight is 421 g/mol. The fraction of sp³-hybridized carbons (Fsp3) is 0. The molecule has 2 aromatic carbocycles. The normalized spacial score (nSPS) is 11.0. The van der Waals surface area contributed by atoms with E-state index in [0.29, 0.717) is 0 Å². The highest BCUT2D eigenvalue weighted by Crippen LogP contribution is 2.25. The zero-order valence-electron chi connectivity index (χ0n) is 14.0. The Bertz CT molecular complexity index is 1240. The summed E-state index contributed by atoms with van der Waals surface area (Å²) in [5.74, 6) is -0.781. The number of H-pyrrole nitrogens is 2. The van der Waals surface area contributed by atoms with Crippen molar-refractivity contribution in [3.05, 3.63) is 86.2 Å². The molecule has 28 heavy (non-hydrogen) atoms. The first-order valence-corrected chi connectivity index (χ1v) is 9.63. The lowest BCUT2D eigenvalue weighted by Gasteiger charge is -2.11. The van der Waals surface area contributed by atoms with E-state index in [1.54, 1.807) is 18.2 Å². The number of carbonyl (C=O) groups excluding carboxylic acids is 1. The molecule has 0 aliphatic heterocycles. The van der Waals surface area contributed by atoms with Gasteiger partial charge in [-0.1, -0.05) is 29.8 Å². The van der Waals surface area contributed by atoms with E-state index in [2.05, 4.69) is 15.0 Å². The minimum Gasteiger partial charge on any atom is -0.321 e. The Hall–Kier alpha value is -3.37. The Balaban J connectivity index is 1.85. The maximum Gasteiger partial charge on any atom is 0.326 e. The second kappa shape index (κ2) is 7.71. The summed E-state index contributed by atoms with van der Waals surface area (Å²) in [5.41, 5.74) is -1.49. The standard InChI is InChI=1S/C17H13ClN4O5S/c18-12-6-1-2-7-13(12)22-28(26,27)11-5-3-4-10(8-11)19-16(24)14-9-15(23)21-17(25)20-14/h1-9,22H,(H,19,24)(H2,20,21,23,25). The Morgan fingerprint density at radius 3 is 2.43 bits per heavy atom. The zero-order valence-corrected chi connectivity index (χ0v) is 15.6. The molecule has 0 spiro atoms. The van der Waals surface area contributed by atoms with Crippen molar-refractivity contribution in [3.63, 3.8) is 0 Å². The van der Waals surface area contributed by atoms with Gasteiger partial charge in [0.05, 0.1) is 15.6 Å². The van der Waals surface area contributed by atoms with E-state index in [0.717, 1.165) is 6.07 Å². The predicted octanol–water partition coefficient (Wildman–Crippen LogP) is 1.77. The number of carbonyl (C=O) groups is 1. The number of aromatic nitrogens is 2. The first-order valence-electron chi connectivity index (χ1n) is 7.77. The fourth-order valence-electron chi connectivity index (χ4n) is 2.28. The van der Waals surface area contributed by atoms with Crippen LogP contribution < -0.4 is 21.3 Å². The van der Waals surface area contributed by atoms with Crippen molar-refractivity contribution in [1.29, 1.82) is 0 Å². The van der Waals surface area contributed by atoms with Crippen molar-refractivity contribution < 1.29 is 13.2 Å². The molecule has 3 aromatic rings. The molecule has 3 rings (SSSR count). The van der Waals surface area contributed by atoms with Crippen molar-refractivity contribution in [3.8, 4) is 0 Å². The Morgan fingerprint density at radius 1 is 0.964 bits per heavy atom. The highest BCUT2D eigenvalue weighted by molar-refractivity contribution is 7.92. The second-order valence-corrected chi connectivity index (χ2v) is 7.66. The summed E-state index contributed by atoms with van der Waals surface area (Å²) in [6.45, 7) is 0. The van der Waals surface area contributed by atoms with Crippen molar-refractivity contribution in [2.24, 2.45) is 0 Å². The smallest absolute Gasteiger partial charge is 0.321 e. The maximum atomic E-state index is 12.6. The van der Waals surface area contributed by atoms with Crippen LogP contribution in [0.2, 0.25) is 5.02 Å². The Morgan fingerprint density at radius 2 is 1.71 bits per heavy atom. The van der Waals surface area contributed by atoms with E-state index >= 15 is 0 Å². The third kappa shape index (κ3) is 4.48. The number of hydrogen-bond acceptors (Lipinski definition) is 5. The molecule has 0 atom stereocenters. The number of hydrogen-bond donors (Lipinski definition) is 4. The van der Waals surface area contributed by atoms with Crippen LogP contribution >= 0.6 is 11.6 Å². The van der Waals surface area contributed by atoms with Crippen molar-refractivity contribution in [1.82, 2.24) is 9.97 Å². The van der Waals surface area contributed by atoms with Gasteiger partial charge in [-0.2, -0.15) is 0 Å². The van der Waals surface area contributed by atoms with Crippen LogP contribution in [-0.4, -0.2) is 24.3 Å². The first-order chi connectivity index (χ1) is 13.2. The SMILES string of the molecule is O=C(Nc1cccc(S(=O)(=O)Nc2ccccc2Cl)c1)c1cc(=O)[nH]c(=O)[nH]1. The van der Waals surface area contributed by atoms with Gasteiger partial charge in [0.25, 0.3) is 21.5 Å². The van der Waals surface area contributed by atoms with Crippen molar-refractivity contribution in [2.75, 3.05) is 10.0 Å². The van der Waals surface area contributed by atoms with Gasteiger partial charge >= 0.3 is 5.69 Å². The van der Waals surface area contributed by atoms with Crippen molar-refractivity contribution in [2.45, 2.75) is 4.90 Å². The number of nitrogens with one attached hydrogen (secondary N) is 4. The number of rotatable bonds is 5. The highest BCUT2D eigenvalue weighted by atomic mass is 35.5. The van der Waals surface area contributed by atoms with Gasteiger partial charge in [-0.25, -0.2) is 13.2 Å². The lowest BCUT2D eigenvalue weighted by molar-refractivity contribution is 0.102. The lowest BCUT2D eigenvalue weighted by Crippen LogP contribution is -2.27. The number of para-hydroxylation sites is 1. The molecule has 0 saturated carbocycles. The third-order valence-electron chi connectivity index (χ3n) is 3.53. The van der Waals surface area contributed by atoms with E-state index < -0.39 is 27.2 Å². The summed E-state index contributed by atoms with van der Waals surface area (Å²) >= 11 is 5.97. The largest absolute Gasteiger partial charge is 0.326 e.